The molecule has 1 aliphatic rings. The van der Waals surface area contributed by atoms with Crippen molar-refractivity contribution in [1.82, 2.24) is 0 Å². The molecule has 0 radical (unpaired) electrons. The molecule has 0 N–H and O–H groups in total. The fourth-order valence-electron chi connectivity index (χ4n) is 4.24. The molecule has 164 valence electrons. The predicted molar refractivity (Wildman–Crippen MR) is 146 cm³/mol. The van der Waals surface area contributed by atoms with Gasteiger partial charge in [0.25, 0.3) is 0 Å². The monoisotopic (exact) mass is 478 g/mol. The van der Waals surface area contributed by atoms with Crippen molar-refractivity contribution in [1.29, 1.82) is 0 Å². The van der Waals surface area contributed by atoms with Gasteiger partial charge in [0.15, 0.2) is 0 Å². The standard InChI is InChI=1S/C24H36N2P2S2/c1-15(2)19-11-9-12-20(16(3)4)23(19)25-27(29)26(28(25)30)24-21(17(5)6)13-10-14-22(24)18(7)8/h9-18,27-28H,1-8H3. The highest BCUT2D eigenvalue weighted by atomic mass is 32.7. The van der Waals surface area contributed by atoms with Crippen LogP contribution in [0.4, 0.5) is 11.4 Å². The van der Waals surface area contributed by atoms with Crippen LogP contribution in [0.25, 0.3) is 0 Å². The Kier molecular flexibility index (Phi) is 7.77. The predicted octanol–water partition coefficient (Wildman–Crippen LogP) is 8.52. The normalized spacial score (nSPS) is 19.4. The molecule has 0 unspecified atom stereocenters. The lowest BCUT2D eigenvalue weighted by Crippen LogP contribution is -2.37. The number of hydrogen-bond acceptors (Lipinski definition) is 4. The topological polar surface area (TPSA) is 6.48 Å². The number of nitrogens with zero attached hydrogens (tertiary/aromatic N) is 2. The Hall–Kier alpha value is -0.400. The molecule has 6 heteroatoms. The summed E-state index contributed by atoms with van der Waals surface area (Å²) in [6, 6.07) is 13.5. The zero-order valence-corrected chi connectivity index (χ0v) is 23.1. The molecule has 2 nitrogen and oxygen atoms in total. The van der Waals surface area contributed by atoms with E-state index in [1.54, 1.807) is 0 Å². The third-order valence-electron chi connectivity index (χ3n) is 5.90. The first-order valence-electron chi connectivity index (χ1n) is 11.0. The first-order valence-corrected chi connectivity index (χ1v) is 16.1. The Morgan fingerprint density at radius 2 is 0.767 bits per heavy atom. The van der Waals surface area contributed by atoms with Crippen molar-refractivity contribution in [2.45, 2.75) is 79.1 Å². The van der Waals surface area contributed by atoms with Crippen LogP contribution in [0.3, 0.4) is 0 Å². The van der Waals surface area contributed by atoms with Gasteiger partial charge in [-0.1, -0.05) is 91.8 Å². The summed E-state index contributed by atoms with van der Waals surface area (Å²) >= 11 is 12.5. The van der Waals surface area contributed by atoms with E-state index in [4.69, 9.17) is 24.5 Å². The van der Waals surface area contributed by atoms with E-state index in [1.807, 2.05) is 0 Å². The quantitative estimate of drug-likeness (QED) is 0.303. The van der Waals surface area contributed by atoms with Gasteiger partial charge in [0.1, 0.15) is 26.2 Å². The van der Waals surface area contributed by atoms with Crippen LogP contribution in [0.1, 0.15) is 101 Å². The average Bonchev–Trinajstić information content (AvgIpc) is 2.67. The molecule has 0 aromatic heterocycles. The van der Waals surface area contributed by atoms with Crippen LogP contribution in [0.5, 0.6) is 0 Å². The van der Waals surface area contributed by atoms with Gasteiger partial charge in [-0.25, -0.2) is 0 Å². The number of anilines is 2. The van der Waals surface area contributed by atoms with E-state index < -0.39 is 14.8 Å². The molecule has 0 amide bonds. The third kappa shape index (κ3) is 4.27. The van der Waals surface area contributed by atoms with Gasteiger partial charge < -0.3 is 24.5 Å². The van der Waals surface area contributed by atoms with E-state index >= 15 is 0 Å². The lowest BCUT2D eigenvalue weighted by molar-refractivity contribution is 0.833. The van der Waals surface area contributed by atoms with Crippen LogP contribution in [-0.4, -0.2) is 0 Å². The summed E-state index contributed by atoms with van der Waals surface area (Å²) in [6.07, 6.45) is 0. The molecule has 2 aromatic rings. The van der Waals surface area contributed by atoms with E-state index in [0.717, 1.165) is 0 Å². The van der Waals surface area contributed by atoms with Gasteiger partial charge in [0, 0.05) is 0 Å². The molecule has 0 saturated carbocycles. The lowest BCUT2D eigenvalue weighted by atomic mass is 9.93. The summed E-state index contributed by atoms with van der Waals surface area (Å²) < 4.78 is 4.98. The van der Waals surface area contributed by atoms with Gasteiger partial charge in [0.2, 0.25) is 0 Å². The van der Waals surface area contributed by atoms with E-state index in [0.29, 0.717) is 23.7 Å². The number of rotatable bonds is 6. The number of benzene rings is 2. The number of hydrogen-bond donors (Lipinski definition) is 0. The fourth-order valence-corrected chi connectivity index (χ4v) is 13.5. The van der Waals surface area contributed by atoms with E-state index in [9.17, 15) is 0 Å². The van der Waals surface area contributed by atoms with Gasteiger partial charge in [-0.2, -0.15) is 0 Å². The zero-order chi connectivity index (χ0) is 22.3. The Bertz CT molecular complexity index is 765. The van der Waals surface area contributed by atoms with Gasteiger partial charge in [0.05, 0.1) is 0 Å². The third-order valence-corrected chi connectivity index (χ3v) is 15.0. The summed E-state index contributed by atoms with van der Waals surface area (Å²) in [4.78, 5) is 0. The molecular weight excluding hydrogens is 442 g/mol. The van der Waals surface area contributed by atoms with E-state index in [1.165, 1.54) is 33.6 Å². The highest BCUT2D eigenvalue weighted by Gasteiger charge is 2.51. The summed E-state index contributed by atoms with van der Waals surface area (Å²) in [5, 5.41) is 0. The van der Waals surface area contributed by atoms with Crippen molar-refractivity contribution < 1.29 is 0 Å². The summed E-state index contributed by atoms with van der Waals surface area (Å²) in [5.74, 6) is 1.82. The molecule has 30 heavy (non-hydrogen) atoms. The second-order valence-electron chi connectivity index (χ2n) is 9.42. The summed E-state index contributed by atoms with van der Waals surface area (Å²) in [5.41, 5.74) is 8.26. The minimum atomic E-state index is -1.35. The minimum absolute atomic E-state index is 0.455. The maximum atomic E-state index is 6.25. The first kappa shape index (κ1) is 24.2. The smallest absolute Gasteiger partial charge is 0.145 e. The highest BCUT2D eigenvalue weighted by Crippen LogP contribution is 2.78. The van der Waals surface area contributed by atoms with Gasteiger partial charge in [-0.15, -0.1) is 8.88 Å². The molecule has 1 aliphatic heterocycles. The van der Waals surface area contributed by atoms with Crippen LogP contribution in [0.15, 0.2) is 36.4 Å². The van der Waals surface area contributed by atoms with Crippen LogP contribution in [-0.2, 0) is 24.5 Å². The second kappa shape index (κ2) is 9.62. The van der Waals surface area contributed by atoms with Crippen molar-refractivity contribution in [3.8, 4) is 0 Å². The van der Waals surface area contributed by atoms with Crippen molar-refractivity contribution in [3.05, 3.63) is 58.7 Å². The lowest BCUT2D eigenvalue weighted by Gasteiger charge is -2.52. The second-order valence-corrected chi connectivity index (χ2v) is 15.4. The van der Waals surface area contributed by atoms with Crippen LogP contribution in [0, 0.1) is 0 Å². The van der Waals surface area contributed by atoms with Crippen LogP contribution < -0.4 is 8.88 Å². The molecule has 1 fully saturated rings. The van der Waals surface area contributed by atoms with E-state index in [-0.39, 0.29) is 0 Å². The molecule has 1 heterocycles. The Morgan fingerprint density at radius 1 is 0.533 bits per heavy atom. The van der Waals surface area contributed by atoms with Gasteiger partial charge in [-0.05, 0) is 45.9 Å². The summed E-state index contributed by atoms with van der Waals surface area (Å²) in [6.45, 7) is 18.2. The fraction of sp³-hybridized carbons (Fsp3) is 0.500. The zero-order valence-electron chi connectivity index (χ0n) is 19.5. The maximum absolute atomic E-state index is 6.25. The molecule has 0 spiro atoms. The maximum Gasteiger partial charge on any atom is 0.145 e. The Labute approximate surface area is 196 Å². The Balaban J connectivity index is 2.11. The SMILES string of the molecule is CC(C)c1cccc(C(C)C)c1N1[PH+]([S-])N(c2c(C(C)C)cccc2C(C)C)[PH+]1[S-]. The summed E-state index contributed by atoms with van der Waals surface area (Å²) in [7, 11) is -2.71. The van der Waals surface area contributed by atoms with Gasteiger partial charge >= 0.3 is 0 Å². The molecule has 2 aromatic carbocycles. The largest absolute Gasteiger partial charge is 0.502 e. The molecule has 0 atom stereocenters. The van der Waals surface area contributed by atoms with E-state index in [2.05, 4.69) is 101 Å². The first-order chi connectivity index (χ1) is 14.1. The minimum Gasteiger partial charge on any atom is -0.502 e. The highest BCUT2D eigenvalue weighted by molar-refractivity contribution is 8.52. The molecule has 0 aliphatic carbocycles. The van der Waals surface area contributed by atoms with Gasteiger partial charge in [-0.3, -0.25) is 0 Å². The van der Waals surface area contributed by atoms with Crippen LogP contribution in [0.2, 0.25) is 0 Å². The molecule has 1 saturated heterocycles. The average molecular weight is 479 g/mol. The number of para-hydroxylation sites is 2. The van der Waals surface area contributed by atoms with Crippen molar-refractivity contribution >= 4 is 50.7 Å². The van der Waals surface area contributed by atoms with Crippen molar-refractivity contribution in [2.75, 3.05) is 8.88 Å². The Morgan fingerprint density at radius 3 is 0.967 bits per heavy atom. The van der Waals surface area contributed by atoms with Crippen LogP contribution >= 0.6 is 14.8 Å². The van der Waals surface area contributed by atoms with Crippen molar-refractivity contribution in [3.63, 3.8) is 0 Å². The molecule has 3 rings (SSSR count). The van der Waals surface area contributed by atoms with Crippen molar-refractivity contribution in [2.24, 2.45) is 0 Å². The molecule has 0 bridgehead atoms. The molecular formula is C24H36N2P2S2.